The van der Waals surface area contributed by atoms with Gasteiger partial charge in [0.2, 0.25) is 10.0 Å². The van der Waals surface area contributed by atoms with Gasteiger partial charge < -0.3 is 14.1 Å². The molecule has 1 aromatic carbocycles. The summed E-state index contributed by atoms with van der Waals surface area (Å²) < 4.78 is 37.8. The maximum Gasteiger partial charge on any atom is 0.309 e. The van der Waals surface area contributed by atoms with E-state index in [4.69, 9.17) is 9.15 Å². The van der Waals surface area contributed by atoms with Gasteiger partial charge in [-0.25, -0.2) is 8.42 Å². The Morgan fingerprint density at radius 2 is 1.76 bits per heavy atom. The maximum absolute atomic E-state index is 13.0. The van der Waals surface area contributed by atoms with Crippen molar-refractivity contribution in [3.05, 3.63) is 54.0 Å². The van der Waals surface area contributed by atoms with Gasteiger partial charge in [0, 0.05) is 20.1 Å². The van der Waals surface area contributed by atoms with Gasteiger partial charge in [-0.05, 0) is 48.1 Å². The van der Waals surface area contributed by atoms with Crippen LogP contribution in [0.2, 0.25) is 0 Å². The highest BCUT2D eigenvalue weighted by molar-refractivity contribution is 7.89. The summed E-state index contributed by atoms with van der Waals surface area (Å²) in [6.45, 7) is 6.62. The molecule has 9 heteroatoms. The van der Waals surface area contributed by atoms with Crippen molar-refractivity contribution in [1.82, 2.24) is 9.21 Å². The van der Waals surface area contributed by atoms with Crippen LogP contribution in [0.3, 0.4) is 0 Å². The van der Waals surface area contributed by atoms with Crippen molar-refractivity contribution in [1.29, 1.82) is 0 Å². The predicted octanol–water partition coefficient (Wildman–Crippen LogP) is 3.18. The number of hydrogen-bond acceptors (Lipinski definition) is 6. The first kappa shape index (κ1) is 25.0. The molecule has 0 atom stereocenters. The minimum Gasteiger partial charge on any atom is -0.467 e. The number of furan rings is 1. The quantitative estimate of drug-likeness (QED) is 0.570. The largest absolute Gasteiger partial charge is 0.467 e. The summed E-state index contributed by atoms with van der Waals surface area (Å²) in [7, 11) is -2.02. The van der Waals surface area contributed by atoms with Gasteiger partial charge in [0.15, 0.2) is 6.61 Å². The van der Waals surface area contributed by atoms with Gasteiger partial charge in [0.25, 0.3) is 5.91 Å². The van der Waals surface area contributed by atoms with Crippen LogP contribution in [-0.4, -0.2) is 56.2 Å². The normalized spacial score (nSPS) is 15.9. The third-order valence-corrected chi connectivity index (χ3v) is 7.80. The molecule has 1 amide bonds. The second-order valence-electron chi connectivity index (χ2n) is 9.39. The summed E-state index contributed by atoms with van der Waals surface area (Å²) in [5.41, 5.74) is 1.00. The molecule has 3 rings (SSSR count). The van der Waals surface area contributed by atoms with Gasteiger partial charge >= 0.3 is 5.97 Å². The van der Waals surface area contributed by atoms with Crippen molar-refractivity contribution in [2.75, 3.05) is 26.7 Å². The average molecular weight is 477 g/mol. The number of rotatable bonds is 7. The molecule has 8 nitrogen and oxygen atoms in total. The number of carbonyl (C=O) groups excluding carboxylic acids is 2. The van der Waals surface area contributed by atoms with Crippen LogP contribution in [0.1, 0.15) is 44.9 Å². The van der Waals surface area contributed by atoms with Gasteiger partial charge in [-0.15, -0.1) is 0 Å². The minimum absolute atomic E-state index is 0.0596. The SMILES string of the molecule is CN(Cc1ccco1)C(=O)COC(=O)C1CCN(S(=O)(=O)c2ccc(C(C)(C)C)cc2)CC1. The second kappa shape index (κ2) is 10.1. The molecular formula is C24H32N2O6S. The Morgan fingerprint density at radius 3 is 2.30 bits per heavy atom. The van der Waals surface area contributed by atoms with E-state index in [9.17, 15) is 18.0 Å². The van der Waals surface area contributed by atoms with Crippen molar-refractivity contribution in [2.45, 2.75) is 50.5 Å². The first-order chi connectivity index (χ1) is 15.5. The molecule has 0 unspecified atom stereocenters. The highest BCUT2D eigenvalue weighted by atomic mass is 32.2. The minimum atomic E-state index is -3.62. The first-order valence-corrected chi connectivity index (χ1v) is 12.5. The number of hydrogen-bond donors (Lipinski definition) is 0. The van der Waals surface area contributed by atoms with Crippen molar-refractivity contribution in [3.8, 4) is 0 Å². The standard InChI is InChI=1S/C24H32N2O6S/c1-24(2,3)19-7-9-21(10-8-19)33(29,30)26-13-11-18(12-14-26)23(28)32-17-22(27)25(4)16-20-6-5-15-31-20/h5-10,15,18H,11-14,16-17H2,1-4H3. The summed E-state index contributed by atoms with van der Waals surface area (Å²) >= 11 is 0. The van der Waals surface area contributed by atoms with Crippen LogP contribution in [0.15, 0.2) is 52.0 Å². The molecule has 1 fully saturated rings. The number of ether oxygens (including phenoxy) is 1. The zero-order chi connectivity index (χ0) is 24.2. The fourth-order valence-corrected chi connectivity index (χ4v) is 5.16. The van der Waals surface area contributed by atoms with Crippen LogP contribution < -0.4 is 0 Å². The molecule has 0 saturated carbocycles. The van der Waals surface area contributed by atoms with E-state index in [1.54, 1.807) is 31.3 Å². The molecule has 2 heterocycles. The molecule has 2 aromatic rings. The topological polar surface area (TPSA) is 97.1 Å². The molecule has 0 bridgehead atoms. The smallest absolute Gasteiger partial charge is 0.309 e. The average Bonchev–Trinajstić information content (AvgIpc) is 3.29. The van der Waals surface area contributed by atoms with E-state index in [0.717, 1.165) is 5.56 Å². The van der Waals surface area contributed by atoms with Crippen molar-refractivity contribution >= 4 is 21.9 Å². The Kier molecular flexibility index (Phi) is 7.64. The molecule has 0 radical (unpaired) electrons. The number of amides is 1. The van der Waals surface area contributed by atoms with E-state index in [2.05, 4.69) is 20.8 Å². The Hall–Kier alpha value is -2.65. The van der Waals surface area contributed by atoms with Gasteiger partial charge in [-0.3, -0.25) is 9.59 Å². The lowest BCUT2D eigenvalue weighted by molar-refractivity contribution is -0.156. The summed E-state index contributed by atoms with van der Waals surface area (Å²) in [5, 5.41) is 0. The van der Waals surface area contributed by atoms with Gasteiger partial charge in [0.1, 0.15) is 5.76 Å². The Morgan fingerprint density at radius 1 is 1.12 bits per heavy atom. The molecule has 0 N–H and O–H groups in total. The number of carbonyl (C=O) groups is 2. The molecule has 0 spiro atoms. The van der Waals surface area contributed by atoms with E-state index in [1.165, 1.54) is 15.5 Å². The van der Waals surface area contributed by atoms with E-state index in [-0.39, 0.29) is 42.5 Å². The van der Waals surface area contributed by atoms with Crippen LogP contribution in [0.4, 0.5) is 0 Å². The number of nitrogens with zero attached hydrogens (tertiary/aromatic N) is 2. The predicted molar refractivity (Wildman–Crippen MR) is 123 cm³/mol. The summed E-state index contributed by atoms with van der Waals surface area (Å²) in [6.07, 6.45) is 2.24. The fraction of sp³-hybridized carbons (Fsp3) is 0.500. The van der Waals surface area contributed by atoms with E-state index in [0.29, 0.717) is 18.6 Å². The van der Waals surface area contributed by atoms with Crippen molar-refractivity contribution in [2.24, 2.45) is 5.92 Å². The molecular weight excluding hydrogens is 444 g/mol. The van der Waals surface area contributed by atoms with E-state index >= 15 is 0 Å². The molecule has 0 aliphatic carbocycles. The monoisotopic (exact) mass is 476 g/mol. The van der Waals surface area contributed by atoms with E-state index in [1.807, 2.05) is 12.1 Å². The van der Waals surface area contributed by atoms with Gasteiger partial charge in [0.05, 0.1) is 23.6 Å². The highest BCUT2D eigenvalue weighted by Gasteiger charge is 2.33. The Labute approximate surface area is 195 Å². The number of sulfonamides is 1. The molecule has 1 aliphatic heterocycles. The lowest BCUT2D eigenvalue weighted by Gasteiger charge is -2.30. The number of piperidine rings is 1. The third-order valence-electron chi connectivity index (χ3n) is 5.88. The zero-order valence-electron chi connectivity index (χ0n) is 19.6. The molecule has 1 aromatic heterocycles. The summed E-state index contributed by atoms with van der Waals surface area (Å²) in [6, 6.07) is 10.5. The van der Waals surface area contributed by atoms with Crippen LogP contribution in [0.25, 0.3) is 0 Å². The highest BCUT2D eigenvalue weighted by Crippen LogP contribution is 2.27. The van der Waals surface area contributed by atoms with Crippen molar-refractivity contribution in [3.63, 3.8) is 0 Å². The van der Waals surface area contributed by atoms with Crippen LogP contribution >= 0.6 is 0 Å². The number of esters is 1. The lowest BCUT2D eigenvalue weighted by atomic mass is 9.87. The molecule has 1 saturated heterocycles. The Balaban J connectivity index is 1.49. The maximum atomic E-state index is 13.0. The van der Waals surface area contributed by atoms with Crippen molar-refractivity contribution < 1.29 is 27.2 Å². The zero-order valence-corrected chi connectivity index (χ0v) is 20.4. The number of benzene rings is 1. The van der Waals surface area contributed by atoms with Crippen LogP contribution in [0.5, 0.6) is 0 Å². The van der Waals surface area contributed by atoms with Gasteiger partial charge in [-0.1, -0.05) is 32.9 Å². The van der Waals surface area contributed by atoms with Crippen LogP contribution in [0, 0.1) is 5.92 Å². The molecule has 33 heavy (non-hydrogen) atoms. The fourth-order valence-electron chi connectivity index (χ4n) is 3.69. The van der Waals surface area contributed by atoms with Crippen LogP contribution in [-0.2, 0) is 36.3 Å². The first-order valence-electron chi connectivity index (χ1n) is 11.0. The summed E-state index contributed by atoms with van der Waals surface area (Å²) in [5.74, 6) is -0.596. The Bertz CT molecular complexity index is 1050. The third kappa shape index (κ3) is 6.23. The second-order valence-corrected chi connectivity index (χ2v) is 11.3. The molecule has 180 valence electrons. The van der Waals surface area contributed by atoms with E-state index < -0.39 is 21.9 Å². The molecule has 1 aliphatic rings. The number of likely N-dealkylation sites (N-methyl/N-ethyl adjacent to an activating group) is 1. The lowest BCUT2D eigenvalue weighted by Crippen LogP contribution is -2.41. The summed E-state index contributed by atoms with van der Waals surface area (Å²) in [4.78, 5) is 26.3. The van der Waals surface area contributed by atoms with Gasteiger partial charge in [-0.2, -0.15) is 4.31 Å².